The normalized spacial score (nSPS) is 12.4. The van der Waals surface area contributed by atoms with E-state index in [0.717, 1.165) is 0 Å². The first-order valence-corrected chi connectivity index (χ1v) is 8.14. The third kappa shape index (κ3) is 3.63. The Bertz CT molecular complexity index is 592. The van der Waals surface area contributed by atoms with Crippen molar-refractivity contribution in [2.24, 2.45) is 0 Å². The van der Waals surface area contributed by atoms with Crippen LogP contribution in [-0.2, 0) is 14.8 Å². The van der Waals surface area contributed by atoms with Crippen LogP contribution in [-0.4, -0.2) is 25.0 Å². The van der Waals surface area contributed by atoms with Gasteiger partial charge >= 0.3 is 5.97 Å². The second-order valence-corrected chi connectivity index (χ2v) is 6.86. The summed E-state index contributed by atoms with van der Waals surface area (Å²) in [5.41, 5.74) is -1.55. The molecule has 1 rings (SSSR count). The van der Waals surface area contributed by atoms with Crippen LogP contribution < -0.4 is 4.72 Å². The van der Waals surface area contributed by atoms with Crippen LogP contribution in [0.5, 0.6) is 0 Å². The van der Waals surface area contributed by atoms with E-state index in [4.69, 9.17) is 23.2 Å². The lowest BCUT2D eigenvalue weighted by molar-refractivity contribution is -0.144. The fourth-order valence-electron chi connectivity index (χ4n) is 1.74. The topological polar surface area (TPSA) is 83.5 Å². The summed E-state index contributed by atoms with van der Waals surface area (Å²) in [5, 5.41) is 9.58. The minimum absolute atomic E-state index is 0.117. The third-order valence-corrected chi connectivity index (χ3v) is 5.04. The van der Waals surface area contributed by atoms with Gasteiger partial charge in [-0.25, -0.2) is 8.42 Å². The summed E-state index contributed by atoms with van der Waals surface area (Å²) in [6.07, 6.45) is 0.235. The predicted molar refractivity (Wildman–Crippen MR) is 77.7 cm³/mol. The smallest absolute Gasteiger partial charge is 0.324 e. The number of carboxylic acids is 1. The van der Waals surface area contributed by atoms with E-state index in [2.05, 4.69) is 4.72 Å². The van der Waals surface area contributed by atoms with E-state index in [-0.39, 0.29) is 27.8 Å². The second kappa shape index (κ2) is 6.30. The highest BCUT2D eigenvalue weighted by molar-refractivity contribution is 7.89. The lowest BCUT2D eigenvalue weighted by Gasteiger charge is -2.27. The fraction of sp³-hybridized carbons (Fsp3) is 0.417. The van der Waals surface area contributed by atoms with Crippen molar-refractivity contribution in [3.63, 3.8) is 0 Å². The molecule has 1 aromatic rings. The average Bonchev–Trinajstić information content (AvgIpc) is 2.34. The standard InChI is InChI=1S/C12H15Cl2NO4S/c1-3-12(4-2,11(16)17)15-20(18,19)10-6-8(13)5-9(14)7-10/h5-7,15H,3-4H2,1-2H3,(H,16,17). The molecule has 112 valence electrons. The number of halogens is 2. The van der Waals surface area contributed by atoms with Gasteiger partial charge in [0, 0.05) is 10.0 Å². The van der Waals surface area contributed by atoms with Gasteiger partial charge in [-0.15, -0.1) is 0 Å². The van der Waals surface area contributed by atoms with Gasteiger partial charge in [-0.1, -0.05) is 37.0 Å². The van der Waals surface area contributed by atoms with Crippen LogP contribution in [0.2, 0.25) is 10.0 Å². The van der Waals surface area contributed by atoms with Gasteiger partial charge < -0.3 is 5.11 Å². The summed E-state index contributed by atoms with van der Waals surface area (Å²) < 4.78 is 26.8. The van der Waals surface area contributed by atoms with Crippen molar-refractivity contribution in [2.75, 3.05) is 0 Å². The van der Waals surface area contributed by atoms with Crippen LogP contribution in [0.25, 0.3) is 0 Å². The largest absolute Gasteiger partial charge is 0.480 e. The van der Waals surface area contributed by atoms with Gasteiger partial charge in [0.2, 0.25) is 10.0 Å². The summed E-state index contributed by atoms with van der Waals surface area (Å²) in [4.78, 5) is 11.2. The SMILES string of the molecule is CCC(CC)(NS(=O)(=O)c1cc(Cl)cc(Cl)c1)C(=O)O. The zero-order chi connectivity index (χ0) is 15.6. The second-order valence-electron chi connectivity index (χ2n) is 4.31. The Hall–Kier alpha value is -0.820. The van der Waals surface area contributed by atoms with Gasteiger partial charge in [0.25, 0.3) is 0 Å². The first-order valence-electron chi connectivity index (χ1n) is 5.90. The van der Waals surface area contributed by atoms with Gasteiger partial charge in [-0.3, -0.25) is 4.79 Å². The molecule has 0 aliphatic carbocycles. The molecule has 0 saturated carbocycles. The number of sulfonamides is 1. The molecule has 0 heterocycles. The van der Waals surface area contributed by atoms with Crippen molar-refractivity contribution in [1.82, 2.24) is 4.72 Å². The summed E-state index contributed by atoms with van der Waals surface area (Å²) >= 11 is 11.5. The van der Waals surface area contributed by atoms with Crippen LogP contribution in [0.3, 0.4) is 0 Å². The molecule has 8 heteroatoms. The van der Waals surface area contributed by atoms with Crippen molar-refractivity contribution in [3.8, 4) is 0 Å². The average molecular weight is 340 g/mol. The number of carboxylic acid groups (broad SMARTS) is 1. The monoisotopic (exact) mass is 339 g/mol. The molecular formula is C12H15Cl2NO4S. The van der Waals surface area contributed by atoms with Gasteiger partial charge in [-0.2, -0.15) is 4.72 Å². The number of nitrogens with one attached hydrogen (secondary N) is 1. The highest BCUT2D eigenvalue weighted by Gasteiger charge is 2.39. The molecule has 1 aromatic carbocycles. The van der Waals surface area contributed by atoms with E-state index in [1.807, 2.05) is 0 Å². The molecule has 0 bridgehead atoms. The molecule has 0 amide bonds. The van der Waals surface area contributed by atoms with E-state index in [0.29, 0.717) is 0 Å². The fourth-order valence-corrected chi connectivity index (χ4v) is 3.97. The summed E-state index contributed by atoms with van der Waals surface area (Å²) in [5.74, 6) is -1.22. The van der Waals surface area contributed by atoms with Crippen molar-refractivity contribution >= 4 is 39.2 Å². The van der Waals surface area contributed by atoms with E-state index in [1.54, 1.807) is 13.8 Å². The van der Waals surface area contributed by atoms with E-state index in [9.17, 15) is 18.3 Å². The maximum atomic E-state index is 12.3. The first-order chi connectivity index (χ1) is 9.16. The molecule has 0 atom stereocenters. The Morgan fingerprint density at radius 2 is 1.65 bits per heavy atom. The number of rotatable bonds is 6. The number of aliphatic carboxylic acids is 1. The van der Waals surface area contributed by atoms with Gasteiger partial charge in [0.15, 0.2) is 0 Å². The number of carbonyl (C=O) groups is 1. The zero-order valence-corrected chi connectivity index (χ0v) is 13.3. The molecule has 2 N–H and O–H groups in total. The zero-order valence-electron chi connectivity index (χ0n) is 11.0. The molecule has 0 saturated heterocycles. The Morgan fingerprint density at radius 3 is 2.00 bits per heavy atom. The molecule has 0 unspecified atom stereocenters. The van der Waals surface area contributed by atoms with Gasteiger partial charge in [0.1, 0.15) is 5.54 Å². The minimum Gasteiger partial charge on any atom is -0.480 e. The van der Waals surface area contributed by atoms with Crippen molar-refractivity contribution in [3.05, 3.63) is 28.2 Å². The number of hydrogen-bond acceptors (Lipinski definition) is 3. The van der Waals surface area contributed by atoms with Crippen molar-refractivity contribution in [1.29, 1.82) is 0 Å². The molecular weight excluding hydrogens is 325 g/mol. The van der Waals surface area contributed by atoms with Crippen LogP contribution in [0.1, 0.15) is 26.7 Å². The highest BCUT2D eigenvalue weighted by atomic mass is 35.5. The lowest BCUT2D eigenvalue weighted by atomic mass is 9.95. The number of hydrogen-bond donors (Lipinski definition) is 2. The predicted octanol–water partition coefficient (Wildman–Crippen LogP) is 2.92. The van der Waals surface area contributed by atoms with E-state index < -0.39 is 21.5 Å². The maximum Gasteiger partial charge on any atom is 0.324 e. The molecule has 0 radical (unpaired) electrons. The quantitative estimate of drug-likeness (QED) is 0.834. The molecule has 0 aliphatic heterocycles. The summed E-state index contributed by atoms with van der Waals surface area (Å²) in [6, 6.07) is 3.83. The molecule has 5 nitrogen and oxygen atoms in total. The Labute approximate surface area is 127 Å². The van der Waals surface area contributed by atoms with Crippen molar-refractivity contribution in [2.45, 2.75) is 37.1 Å². The summed E-state index contributed by atoms with van der Waals surface area (Å²) in [6.45, 7) is 3.20. The Balaban J connectivity index is 3.26. The van der Waals surface area contributed by atoms with Crippen LogP contribution in [0, 0.1) is 0 Å². The molecule has 0 aromatic heterocycles. The minimum atomic E-state index is -4.03. The van der Waals surface area contributed by atoms with Gasteiger partial charge in [0.05, 0.1) is 4.90 Å². The van der Waals surface area contributed by atoms with Gasteiger partial charge in [-0.05, 0) is 31.0 Å². The maximum absolute atomic E-state index is 12.3. The van der Waals surface area contributed by atoms with Crippen molar-refractivity contribution < 1.29 is 18.3 Å². The van der Waals surface area contributed by atoms with E-state index >= 15 is 0 Å². The number of benzene rings is 1. The lowest BCUT2D eigenvalue weighted by Crippen LogP contribution is -2.53. The Kier molecular flexibility index (Phi) is 5.43. The molecule has 0 aliphatic rings. The van der Waals surface area contributed by atoms with E-state index in [1.165, 1.54) is 18.2 Å². The van der Waals surface area contributed by atoms with Crippen LogP contribution in [0.4, 0.5) is 0 Å². The molecule has 0 spiro atoms. The van der Waals surface area contributed by atoms with Crippen LogP contribution >= 0.6 is 23.2 Å². The highest BCUT2D eigenvalue weighted by Crippen LogP contribution is 2.25. The third-order valence-electron chi connectivity index (χ3n) is 3.09. The first kappa shape index (κ1) is 17.2. The Morgan fingerprint density at radius 1 is 1.20 bits per heavy atom. The molecule has 0 fully saturated rings. The summed E-state index contributed by atoms with van der Waals surface area (Å²) in [7, 11) is -4.03. The molecule has 20 heavy (non-hydrogen) atoms. The van der Waals surface area contributed by atoms with Crippen LogP contribution in [0.15, 0.2) is 23.1 Å².